The maximum Gasteiger partial charge on any atom is 0.240 e. The number of hydrogen-bond donors (Lipinski definition) is 2. The maximum atomic E-state index is 13.7. The summed E-state index contributed by atoms with van der Waals surface area (Å²) >= 11 is 0. The van der Waals surface area contributed by atoms with Gasteiger partial charge in [0.1, 0.15) is 11.6 Å². The lowest BCUT2D eigenvalue weighted by Crippen LogP contribution is -2.76. The number of nitrogens with two attached hydrogens (primary N) is 1. The number of para-hydroxylation sites is 1. The van der Waals surface area contributed by atoms with Crippen molar-refractivity contribution in [3.8, 4) is 5.75 Å². The van der Waals surface area contributed by atoms with Crippen LogP contribution in [0, 0.1) is 11.2 Å². The third kappa shape index (κ3) is 3.80. The molecule has 0 aliphatic heterocycles. The van der Waals surface area contributed by atoms with Crippen LogP contribution >= 0.6 is 0 Å². The first-order chi connectivity index (χ1) is 11.8. The molecular weight excluding hydrogens is 323 g/mol. The van der Waals surface area contributed by atoms with Crippen LogP contribution in [0.15, 0.2) is 24.3 Å². The number of rotatable bonds is 8. The van der Waals surface area contributed by atoms with Gasteiger partial charge < -0.3 is 20.5 Å². The van der Waals surface area contributed by atoms with E-state index in [2.05, 4.69) is 5.32 Å². The van der Waals surface area contributed by atoms with Gasteiger partial charge >= 0.3 is 0 Å². The van der Waals surface area contributed by atoms with Crippen molar-refractivity contribution in [1.82, 2.24) is 5.32 Å². The summed E-state index contributed by atoms with van der Waals surface area (Å²) in [5.74, 6) is -0.447. The Hall–Kier alpha value is -1.66. The molecule has 0 aromatic heterocycles. The zero-order valence-corrected chi connectivity index (χ0v) is 15.5. The highest BCUT2D eigenvalue weighted by atomic mass is 19.1. The molecule has 3 atom stereocenters. The summed E-state index contributed by atoms with van der Waals surface area (Å²) in [6.07, 6.45) is 0.780. The van der Waals surface area contributed by atoms with Gasteiger partial charge in [0.2, 0.25) is 5.91 Å². The van der Waals surface area contributed by atoms with Crippen molar-refractivity contribution in [3.63, 3.8) is 0 Å². The second-order valence-corrected chi connectivity index (χ2v) is 7.13. The zero-order valence-electron chi connectivity index (χ0n) is 15.5. The quantitative estimate of drug-likeness (QED) is 0.754. The monoisotopic (exact) mass is 352 g/mol. The van der Waals surface area contributed by atoms with E-state index in [9.17, 15) is 9.18 Å². The molecule has 1 amide bonds. The third-order valence-electron chi connectivity index (χ3n) is 5.31. The molecule has 0 heterocycles. The van der Waals surface area contributed by atoms with E-state index in [1.165, 1.54) is 6.07 Å². The van der Waals surface area contributed by atoms with Crippen molar-refractivity contribution in [2.24, 2.45) is 11.1 Å². The van der Waals surface area contributed by atoms with Crippen molar-refractivity contribution in [3.05, 3.63) is 30.1 Å². The Morgan fingerprint density at radius 2 is 2.08 bits per heavy atom. The summed E-state index contributed by atoms with van der Waals surface area (Å²) in [6.45, 7) is 8.62. The molecule has 0 saturated heterocycles. The summed E-state index contributed by atoms with van der Waals surface area (Å²) in [6, 6.07) is 6.24. The van der Waals surface area contributed by atoms with Crippen LogP contribution in [0.1, 0.15) is 40.5 Å². The zero-order chi connectivity index (χ0) is 18.7. The number of carbonyl (C=O) groups is 1. The van der Waals surface area contributed by atoms with Crippen LogP contribution in [-0.2, 0) is 9.53 Å². The van der Waals surface area contributed by atoms with Gasteiger partial charge in [0.05, 0.1) is 12.6 Å². The Morgan fingerprint density at radius 1 is 1.40 bits per heavy atom. The minimum absolute atomic E-state index is 0.0233. The van der Waals surface area contributed by atoms with Crippen molar-refractivity contribution < 1.29 is 18.7 Å². The smallest absolute Gasteiger partial charge is 0.240 e. The summed E-state index contributed by atoms with van der Waals surface area (Å²) in [4.78, 5) is 12.6. The normalized spacial score (nSPS) is 25.8. The second-order valence-electron chi connectivity index (χ2n) is 7.13. The van der Waals surface area contributed by atoms with Gasteiger partial charge in [-0.25, -0.2) is 4.39 Å². The minimum Gasteiger partial charge on any atom is -0.486 e. The molecule has 0 radical (unpaired) electrons. The fourth-order valence-corrected chi connectivity index (χ4v) is 3.17. The van der Waals surface area contributed by atoms with Crippen LogP contribution in [-0.4, -0.2) is 36.8 Å². The van der Waals surface area contributed by atoms with E-state index in [-0.39, 0.29) is 30.4 Å². The van der Waals surface area contributed by atoms with Gasteiger partial charge in [-0.15, -0.1) is 0 Å². The lowest BCUT2D eigenvalue weighted by Gasteiger charge is -2.57. The highest BCUT2D eigenvalue weighted by Gasteiger charge is 2.62. The highest BCUT2D eigenvalue weighted by Crippen LogP contribution is 2.49. The summed E-state index contributed by atoms with van der Waals surface area (Å²) in [7, 11) is 0. The lowest BCUT2D eigenvalue weighted by atomic mass is 9.54. The number of halogens is 1. The molecule has 1 aromatic rings. The van der Waals surface area contributed by atoms with Crippen molar-refractivity contribution in [2.45, 2.75) is 58.3 Å². The van der Waals surface area contributed by atoms with Crippen molar-refractivity contribution in [2.75, 3.05) is 13.2 Å². The summed E-state index contributed by atoms with van der Waals surface area (Å²) < 4.78 is 25.0. The third-order valence-corrected chi connectivity index (χ3v) is 5.31. The van der Waals surface area contributed by atoms with Gasteiger partial charge in [-0.05, 0) is 25.5 Å². The molecule has 140 valence electrons. The van der Waals surface area contributed by atoms with Crippen LogP contribution in [0.2, 0.25) is 0 Å². The average Bonchev–Trinajstić information content (AvgIpc) is 2.59. The molecule has 3 N–H and O–H groups in total. The molecule has 0 bridgehead atoms. The number of nitrogens with one attached hydrogen (secondary N) is 1. The van der Waals surface area contributed by atoms with Crippen LogP contribution in [0.4, 0.5) is 4.39 Å². The highest BCUT2D eigenvalue weighted by molar-refractivity contribution is 5.88. The van der Waals surface area contributed by atoms with E-state index < -0.39 is 16.8 Å². The molecule has 25 heavy (non-hydrogen) atoms. The molecule has 0 spiro atoms. The number of benzene rings is 1. The summed E-state index contributed by atoms with van der Waals surface area (Å²) in [5.41, 5.74) is 4.94. The first kappa shape index (κ1) is 19.7. The topological polar surface area (TPSA) is 73.6 Å². The standard InChI is InChI=1S/C19H29FN2O3/c1-5-13(25-15-10-8-7-9-14(15)20)12-22-17(23)19(21)11-16(24-6-2)18(19,3)4/h7-10,13,16H,5-6,11-12,21H2,1-4H3,(H,22,23). The number of carbonyl (C=O) groups excluding carboxylic acids is 1. The molecule has 2 rings (SSSR count). The number of amides is 1. The van der Waals surface area contributed by atoms with Crippen molar-refractivity contribution >= 4 is 5.91 Å². The Labute approximate surface area is 149 Å². The number of ether oxygens (including phenoxy) is 2. The average molecular weight is 352 g/mol. The Balaban J connectivity index is 1.93. The van der Waals surface area contributed by atoms with Gasteiger partial charge in [0.15, 0.2) is 11.6 Å². The van der Waals surface area contributed by atoms with Crippen molar-refractivity contribution in [1.29, 1.82) is 0 Å². The van der Waals surface area contributed by atoms with Gasteiger partial charge in [0, 0.05) is 18.4 Å². The second kappa shape index (κ2) is 7.70. The van der Waals surface area contributed by atoms with Gasteiger partial charge in [-0.2, -0.15) is 0 Å². The van der Waals surface area contributed by atoms with Gasteiger partial charge in [-0.1, -0.05) is 32.9 Å². The Kier molecular flexibility index (Phi) is 6.06. The van der Waals surface area contributed by atoms with E-state index in [1.807, 2.05) is 27.7 Å². The van der Waals surface area contributed by atoms with E-state index in [0.29, 0.717) is 19.4 Å². The molecule has 1 fully saturated rings. The number of hydrogen-bond acceptors (Lipinski definition) is 4. The molecule has 3 unspecified atom stereocenters. The molecule has 6 heteroatoms. The Bertz CT molecular complexity index is 608. The van der Waals surface area contributed by atoms with E-state index in [0.717, 1.165) is 0 Å². The van der Waals surface area contributed by atoms with Gasteiger partial charge in [0.25, 0.3) is 0 Å². The van der Waals surface area contributed by atoms with Crippen LogP contribution < -0.4 is 15.8 Å². The SMILES string of the molecule is CCOC1CC(N)(C(=O)NCC(CC)Oc2ccccc2F)C1(C)C. The lowest BCUT2D eigenvalue weighted by molar-refractivity contribution is -0.170. The molecule has 1 aliphatic carbocycles. The van der Waals surface area contributed by atoms with Crippen LogP contribution in [0.3, 0.4) is 0 Å². The predicted molar refractivity (Wildman–Crippen MR) is 94.8 cm³/mol. The largest absolute Gasteiger partial charge is 0.486 e. The molecule has 1 aromatic carbocycles. The molecule has 1 saturated carbocycles. The molecule has 1 aliphatic rings. The first-order valence-electron chi connectivity index (χ1n) is 8.86. The Morgan fingerprint density at radius 3 is 2.64 bits per heavy atom. The fraction of sp³-hybridized carbons (Fsp3) is 0.632. The van der Waals surface area contributed by atoms with E-state index >= 15 is 0 Å². The minimum atomic E-state index is -0.969. The van der Waals surface area contributed by atoms with Crippen LogP contribution in [0.5, 0.6) is 5.75 Å². The first-order valence-corrected chi connectivity index (χ1v) is 8.86. The molecule has 5 nitrogen and oxygen atoms in total. The fourth-order valence-electron chi connectivity index (χ4n) is 3.17. The van der Waals surface area contributed by atoms with E-state index in [4.69, 9.17) is 15.2 Å². The summed E-state index contributed by atoms with van der Waals surface area (Å²) in [5, 5.41) is 2.87. The maximum absolute atomic E-state index is 13.7. The molecular formula is C19H29FN2O3. The predicted octanol–water partition coefficient (Wildman–Crippen LogP) is 2.63. The van der Waals surface area contributed by atoms with E-state index in [1.54, 1.807) is 18.2 Å². The van der Waals surface area contributed by atoms with Gasteiger partial charge in [-0.3, -0.25) is 4.79 Å². The van der Waals surface area contributed by atoms with Crippen LogP contribution in [0.25, 0.3) is 0 Å².